The quantitative estimate of drug-likeness (QED) is 0.0993. The summed E-state index contributed by atoms with van der Waals surface area (Å²) in [5.74, 6) is -5.81. The predicted molar refractivity (Wildman–Crippen MR) is 290 cm³/mol. The Hall–Kier alpha value is -4.26. The number of methoxy groups -OCH3 is 2. The number of rotatable bonds is 19. The van der Waals surface area contributed by atoms with Gasteiger partial charge in [0.1, 0.15) is 71.7 Å². The van der Waals surface area contributed by atoms with Gasteiger partial charge < -0.3 is 102 Å². The highest BCUT2D eigenvalue weighted by Crippen LogP contribution is 2.46. The Bertz CT molecular complexity index is 2620. The molecule has 25 nitrogen and oxygen atoms in total. The maximum absolute atomic E-state index is 15.1. The number of phenolic OH excluding ortho intramolecular Hbond substituents is 2. The highest BCUT2D eigenvalue weighted by molar-refractivity contribution is 6.11. The molecule has 5 heterocycles. The molecule has 472 valence electrons. The number of aliphatic hydroxyl groups is 5. The zero-order valence-electron chi connectivity index (χ0n) is 49.9. The fraction of sp³-hybridized carbons (Fsp3) is 0.763. The second-order valence-corrected chi connectivity index (χ2v) is 24.2. The molecule has 0 bridgehead atoms. The maximum Gasteiger partial charge on any atom is 0.308 e. The van der Waals surface area contributed by atoms with Gasteiger partial charge in [0.2, 0.25) is 6.29 Å². The van der Waals surface area contributed by atoms with Crippen LogP contribution in [0.25, 0.3) is 10.8 Å². The first-order valence-corrected chi connectivity index (χ1v) is 29.0. The summed E-state index contributed by atoms with van der Waals surface area (Å²) in [4.78, 5) is 54.1. The number of aliphatic hydroxyl groups excluding tert-OH is 4. The summed E-state index contributed by atoms with van der Waals surface area (Å²) < 4.78 is 84.7. The lowest BCUT2D eigenvalue weighted by atomic mass is 9.74. The van der Waals surface area contributed by atoms with Crippen molar-refractivity contribution in [1.82, 2.24) is 0 Å². The summed E-state index contributed by atoms with van der Waals surface area (Å²) in [6.45, 7) is 17.7. The lowest BCUT2D eigenvalue weighted by Gasteiger charge is -2.47. The van der Waals surface area contributed by atoms with Crippen LogP contribution in [0, 0.1) is 17.8 Å². The van der Waals surface area contributed by atoms with Gasteiger partial charge in [-0.05, 0) is 77.0 Å². The number of benzene rings is 2. The zero-order chi connectivity index (χ0) is 61.5. The van der Waals surface area contributed by atoms with E-state index in [-0.39, 0.29) is 66.2 Å². The van der Waals surface area contributed by atoms with Gasteiger partial charge in [-0.2, -0.15) is 0 Å². The predicted octanol–water partition coefficient (Wildman–Crippen LogP) is 3.15. The van der Waals surface area contributed by atoms with Crippen molar-refractivity contribution in [2.45, 2.75) is 256 Å². The van der Waals surface area contributed by atoms with Crippen LogP contribution in [0.3, 0.4) is 0 Å². The minimum Gasteiger partial charge on any atom is -0.507 e. The van der Waals surface area contributed by atoms with E-state index in [1.165, 1.54) is 40.2 Å². The largest absolute Gasteiger partial charge is 0.507 e. The number of aromatic hydroxyl groups is 2. The van der Waals surface area contributed by atoms with Crippen LogP contribution < -0.4 is 4.74 Å². The standard InChI is InChI=1S/C59H86O25/c1-23(2)47(63)52(68)55(72-13)34-16-32-14-31-15-33(79-41-21-39(78-30(10)60)54(28(8)76-41)82-40-18-36(62)53(71-12)27(7)75-40)17-35(61)45(31)50(66)46(32)51(67)56(34)83-43-20-37(48(64)26(6)74-43)80-42-19-38(49(65)25(5)73-42)81-44-22-59(11,70)57(29(9)77-44)84-58(69)24(3)4/h14-15,17,23-29,34,36-44,47-49,53-57,61-66,70H,16,18-22H2,1-13H3/t25-,26-,27+,28+,29+,34-,36+,37+,38+,39+,40-,41-,42+,43+,44-,47+,48-,49-,53+,54+,55+,56+,57+,59+/m1/s1. The molecule has 0 unspecified atom stereocenters. The summed E-state index contributed by atoms with van der Waals surface area (Å²) in [7, 11) is 2.73. The van der Waals surface area contributed by atoms with E-state index in [4.69, 9.17) is 66.3 Å². The van der Waals surface area contributed by atoms with Crippen LogP contribution in [0.4, 0.5) is 0 Å². The third-order valence-electron chi connectivity index (χ3n) is 16.8. The number of carbonyl (C=O) groups excluding carboxylic acids is 4. The van der Waals surface area contributed by atoms with E-state index in [2.05, 4.69) is 0 Å². The Labute approximate surface area is 488 Å². The molecule has 2 aromatic carbocycles. The Morgan fingerprint density at radius 2 is 1.25 bits per heavy atom. The molecule has 8 rings (SSSR count). The maximum atomic E-state index is 15.1. The number of ether oxygens (including phenoxy) is 14. The van der Waals surface area contributed by atoms with E-state index < -0.39 is 194 Å². The monoisotopic (exact) mass is 1190 g/mol. The van der Waals surface area contributed by atoms with Crippen LogP contribution in [-0.2, 0) is 82.4 Å². The van der Waals surface area contributed by atoms with Crippen molar-refractivity contribution in [1.29, 1.82) is 0 Å². The van der Waals surface area contributed by atoms with Crippen LogP contribution in [0.5, 0.6) is 17.2 Å². The van der Waals surface area contributed by atoms with E-state index in [9.17, 15) is 50.1 Å². The van der Waals surface area contributed by atoms with Gasteiger partial charge in [-0.25, -0.2) is 0 Å². The van der Waals surface area contributed by atoms with Crippen molar-refractivity contribution in [2.75, 3.05) is 14.2 Å². The van der Waals surface area contributed by atoms with E-state index in [1.807, 2.05) is 0 Å². The van der Waals surface area contributed by atoms with Crippen molar-refractivity contribution in [2.24, 2.45) is 17.8 Å². The highest BCUT2D eigenvalue weighted by atomic mass is 16.7. The minimum absolute atomic E-state index is 0.0352. The molecule has 5 saturated heterocycles. The van der Waals surface area contributed by atoms with Crippen molar-refractivity contribution in [3.63, 3.8) is 0 Å². The number of fused-ring (bicyclic) bond motifs is 2. The first kappa shape index (κ1) is 65.7. The second kappa shape index (κ2) is 27.0. The van der Waals surface area contributed by atoms with Crippen LogP contribution >= 0.6 is 0 Å². The fourth-order valence-electron chi connectivity index (χ4n) is 12.4. The van der Waals surface area contributed by atoms with Crippen LogP contribution in [0.1, 0.15) is 124 Å². The molecular weight excluding hydrogens is 1110 g/mol. The Morgan fingerprint density at radius 3 is 1.82 bits per heavy atom. The molecule has 1 aliphatic carbocycles. The topological polar surface area (TPSA) is 339 Å². The van der Waals surface area contributed by atoms with Crippen LogP contribution in [0.15, 0.2) is 18.2 Å². The van der Waals surface area contributed by atoms with E-state index >= 15 is 4.79 Å². The van der Waals surface area contributed by atoms with E-state index in [0.29, 0.717) is 0 Å². The SMILES string of the molecule is CO[C@H]1[C@H](C)O[C@H](O[C@H]2[C@H](C)O[C@H](Oc3cc(O)c4c(O)c5c(cc4c3)C[C@H]([C@H](OC)C(=O)[C@@H](O)C(C)C)[C@H](O[C@H]3C[C@H](O[C@H]4C[C@H](O[C@@H]6C[C@](C)(O)[C@@H](OC(=O)C(C)C)[C@H](C)O6)[C@H](O)[C@@H](C)O4)[C@H](O)[C@@H](C)O3)C5=O)C[C@@H]2OC(C)=O)C[C@@H]1O. The average Bonchev–Trinajstić information content (AvgIpc) is 2.44. The molecule has 5 aliphatic heterocycles. The molecule has 7 N–H and O–H groups in total. The number of hydrogen-bond acceptors (Lipinski definition) is 25. The normalized spacial score (nSPS) is 39.1. The number of hydrogen-bond donors (Lipinski definition) is 7. The summed E-state index contributed by atoms with van der Waals surface area (Å²) in [5, 5.41) is 79.8. The van der Waals surface area contributed by atoms with Crippen molar-refractivity contribution in [3.05, 3.63) is 29.3 Å². The molecule has 0 aromatic heterocycles. The second-order valence-electron chi connectivity index (χ2n) is 24.2. The Balaban J connectivity index is 1.01. The summed E-state index contributed by atoms with van der Waals surface area (Å²) >= 11 is 0. The van der Waals surface area contributed by atoms with Gasteiger partial charge in [0, 0.05) is 65.2 Å². The molecule has 0 spiro atoms. The van der Waals surface area contributed by atoms with Gasteiger partial charge in [0.25, 0.3) is 0 Å². The molecule has 24 atom stereocenters. The van der Waals surface area contributed by atoms with Crippen LogP contribution in [-0.4, -0.2) is 214 Å². The Morgan fingerprint density at radius 1 is 0.690 bits per heavy atom. The number of esters is 2. The van der Waals surface area contributed by atoms with Crippen molar-refractivity contribution >= 4 is 34.3 Å². The highest BCUT2D eigenvalue weighted by Gasteiger charge is 2.53. The molecule has 6 aliphatic rings. The van der Waals surface area contributed by atoms with Crippen molar-refractivity contribution < 1.29 is 121 Å². The minimum atomic E-state index is -1.60. The number of phenols is 2. The number of ketones is 2. The third kappa shape index (κ3) is 14.3. The molecule has 25 heteroatoms. The van der Waals surface area contributed by atoms with E-state index in [1.54, 1.807) is 68.4 Å². The first-order chi connectivity index (χ1) is 39.5. The lowest BCUT2D eigenvalue weighted by Crippen LogP contribution is -2.59. The molecule has 2 aromatic rings. The molecule has 84 heavy (non-hydrogen) atoms. The molecular formula is C59H86O25. The molecule has 0 radical (unpaired) electrons. The number of carbonyl (C=O) groups is 4. The molecule has 5 fully saturated rings. The molecule has 0 saturated carbocycles. The van der Waals surface area contributed by atoms with Gasteiger partial charge in [-0.3, -0.25) is 19.2 Å². The lowest BCUT2D eigenvalue weighted by molar-refractivity contribution is -0.334. The average molecular weight is 1200 g/mol. The van der Waals surface area contributed by atoms with Gasteiger partial charge in [0.15, 0.2) is 42.8 Å². The molecule has 0 amide bonds. The van der Waals surface area contributed by atoms with Crippen LogP contribution in [0.2, 0.25) is 0 Å². The van der Waals surface area contributed by atoms with Gasteiger partial charge in [-0.15, -0.1) is 0 Å². The number of Topliss-reactive ketones (excluding diaryl/α,β-unsaturated/α-hetero) is 2. The Kier molecular flexibility index (Phi) is 21.1. The van der Waals surface area contributed by atoms with Gasteiger partial charge in [-0.1, -0.05) is 27.7 Å². The van der Waals surface area contributed by atoms with Gasteiger partial charge >= 0.3 is 11.9 Å². The third-order valence-corrected chi connectivity index (χ3v) is 16.8. The summed E-state index contributed by atoms with van der Waals surface area (Å²) in [6.07, 6.45) is -23.0. The van der Waals surface area contributed by atoms with Crippen molar-refractivity contribution in [3.8, 4) is 17.2 Å². The van der Waals surface area contributed by atoms with Gasteiger partial charge in [0.05, 0.1) is 65.7 Å². The van der Waals surface area contributed by atoms with E-state index in [0.717, 1.165) is 0 Å². The zero-order valence-corrected chi connectivity index (χ0v) is 49.9. The fourth-order valence-corrected chi connectivity index (χ4v) is 12.4. The first-order valence-electron chi connectivity index (χ1n) is 29.0. The smallest absolute Gasteiger partial charge is 0.308 e. The summed E-state index contributed by atoms with van der Waals surface area (Å²) in [6, 6.07) is 4.29. The summed E-state index contributed by atoms with van der Waals surface area (Å²) in [5.41, 5.74) is -1.54.